The van der Waals surface area contributed by atoms with Crippen molar-refractivity contribution in [2.24, 2.45) is 0 Å². The topological polar surface area (TPSA) is 77.5 Å². The standard InChI is InChI=1S/C50H55NO6Si/c1-37(58(2,3)4)55-36-56-47-33-39(32-41-16-14-15-23-45(41)47)35-54-48-34-51(49(52)53)30-28-46(48)40-26-24-38(25-27-40)29-31-57-50(42-17-8-5-9-18-42,43-19-10-6-11-20-43)44-21-12-7-13-22-44/h5-27,32-33,37,46,48H,28-31,34-36H2,1-4H3,(H,52,53). The molecule has 1 aliphatic heterocycles. The molecule has 3 unspecified atom stereocenters. The lowest BCUT2D eigenvalue weighted by Gasteiger charge is -2.37. The summed E-state index contributed by atoms with van der Waals surface area (Å²) in [6.07, 6.45) is 0.152. The number of nitrogens with zero attached hydrogens (tertiary/aromatic N) is 1. The molecule has 6 aromatic carbocycles. The van der Waals surface area contributed by atoms with Gasteiger partial charge in [-0.05, 0) is 70.7 Å². The Kier molecular flexibility index (Phi) is 13.1. The van der Waals surface area contributed by atoms with Gasteiger partial charge in [-0.15, -0.1) is 0 Å². The molecule has 0 saturated carbocycles. The summed E-state index contributed by atoms with van der Waals surface area (Å²) < 4.78 is 26.0. The summed E-state index contributed by atoms with van der Waals surface area (Å²) in [5, 5.41) is 12.0. The maximum atomic E-state index is 12.1. The number of carboxylic acid groups (broad SMARTS) is 1. The van der Waals surface area contributed by atoms with Gasteiger partial charge in [0.1, 0.15) is 11.4 Å². The van der Waals surface area contributed by atoms with Gasteiger partial charge >= 0.3 is 6.09 Å². The summed E-state index contributed by atoms with van der Waals surface area (Å²) >= 11 is 0. The molecule has 7 nitrogen and oxygen atoms in total. The number of amides is 1. The molecule has 8 heteroatoms. The van der Waals surface area contributed by atoms with Gasteiger partial charge in [-0.2, -0.15) is 0 Å². The average molecular weight is 794 g/mol. The summed E-state index contributed by atoms with van der Waals surface area (Å²) in [4.78, 5) is 13.6. The molecule has 0 aliphatic carbocycles. The maximum absolute atomic E-state index is 12.1. The number of hydrogen-bond donors (Lipinski definition) is 1. The van der Waals surface area contributed by atoms with Crippen LogP contribution < -0.4 is 4.74 Å². The smallest absolute Gasteiger partial charge is 0.407 e. The molecule has 1 heterocycles. The highest BCUT2D eigenvalue weighted by Crippen LogP contribution is 2.41. The lowest BCUT2D eigenvalue weighted by atomic mass is 9.80. The van der Waals surface area contributed by atoms with E-state index in [2.05, 4.69) is 142 Å². The van der Waals surface area contributed by atoms with E-state index in [0.717, 1.165) is 50.8 Å². The van der Waals surface area contributed by atoms with Gasteiger partial charge in [-0.3, -0.25) is 0 Å². The van der Waals surface area contributed by atoms with Crippen molar-refractivity contribution >= 4 is 24.9 Å². The van der Waals surface area contributed by atoms with Gasteiger partial charge in [-0.1, -0.05) is 159 Å². The van der Waals surface area contributed by atoms with Crippen molar-refractivity contribution in [3.05, 3.63) is 185 Å². The van der Waals surface area contributed by atoms with Crippen molar-refractivity contribution in [1.82, 2.24) is 4.90 Å². The van der Waals surface area contributed by atoms with Crippen LogP contribution in [-0.4, -0.2) is 62.5 Å². The van der Waals surface area contributed by atoms with Gasteiger partial charge in [0.05, 0.1) is 33.9 Å². The van der Waals surface area contributed by atoms with Gasteiger partial charge < -0.3 is 29.0 Å². The largest absolute Gasteiger partial charge is 0.467 e. The van der Waals surface area contributed by atoms with E-state index >= 15 is 0 Å². The number of likely N-dealkylation sites (tertiary alicyclic amines) is 1. The number of ether oxygens (including phenoxy) is 4. The van der Waals surface area contributed by atoms with Crippen LogP contribution in [-0.2, 0) is 32.8 Å². The fraction of sp³-hybridized carbons (Fsp3) is 0.300. The average Bonchev–Trinajstić information content (AvgIpc) is 3.25. The number of hydrogen-bond acceptors (Lipinski definition) is 5. The van der Waals surface area contributed by atoms with Crippen molar-refractivity contribution in [1.29, 1.82) is 0 Å². The van der Waals surface area contributed by atoms with E-state index in [-0.39, 0.29) is 24.5 Å². The van der Waals surface area contributed by atoms with E-state index in [1.165, 1.54) is 10.5 Å². The first-order valence-electron chi connectivity index (χ1n) is 20.4. The van der Waals surface area contributed by atoms with E-state index in [1.54, 1.807) is 0 Å². The SMILES string of the molecule is CC(OCOc1cc(COC2CN(C(=O)O)CCC2c2ccc(CCOC(c3ccccc3)(c3ccccc3)c3ccccc3)cc2)cc2ccccc12)[Si](C)(C)C. The molecule has 1 aliphatic rings. The summed E-state index contributed by atoms with van der Waals surface area (Å²) in [5.74, 6) is 0.787. The molecule has 3 atom stereocenters. The van der Waals surface area contributed by atoms with E-state index in [0.29, 0.717) is 32.7 Å². The van der Waals surface area contributed by atoms with Gasteiger partial charge in [0.2, 0.25) is 0 Å². The Labute approximate surface area is 344 Å². The fourth-order valence-corrected chi connectivity index (χ4v) is 8.42. The number of piperidine rings is 1. The zero-order valence-corrected chi connectivity index (χ0v) is 35.1. The molecule has 1 N–H and O–H groups in total. The number of carbonyl (C=O) groups is 1. The molecule has 0 aromatic heterocycles. The lowest BCUT2D eigenvalue weighted by molar-refractivity contribution is -0.0202. The Morgan fingerprint density at radius 1 is 0.776 bits per heavy atom. The van der Waals surface area contributed by atoms with Crippen molar-refractivity contribution in [3.8, 4) is 5.75 Å². The first kappa shape index (κ1) is 40.9. The van der Waals surface area contributed by atoms with Gasteiger partial charge in [0.25, 0.3) is 0 Å². The van der Waals surface area contributed by atoms with E-state index in [1.807, 2.05) is 36.4 Å². The maximum Gasteiger partial charge on any atom is 0.407 e. The Morgan fingerprint density at radius 3 is 1.95 bits per heavy atom. The van der Waals surface area contributed by atoms with Crippen LogP contribution in [0.4, 0.5) is 4.79 Å². The second-order valence-electron chi connectivity index (χ2n) is 16.3. The van der Waals surface area contributed by atoms with Crippen LogP contribution in [0, 0.1) is 0 Å². The predicted molar refractivity (Wildman–Crippen MR) is 234 cm³/mol. The number of benzene rings is 6. The molecule has 6 aromatic rings. The molecule has 1 amide bonds. The second-order valence-corrected chi connectivity index (χ2v) is 21.9. The zero-order valence-electron chi connectivity index (χ0n) is 34.1. The van der Waals surface area contributed by atoms with Gasteiger partial charge in [0, 0.05) is 23.6 Å². The van der Waals surface area contributed by atoms with E-state index < -0.39 is 19.8 Å². The normalized spacial score (nSPS) is 16.6. The van der Waals surface area contributed by atoms with Crippen LogP contribution in [0.15, 0.2) is 152 Å². The minimum Gasteiger partial charge on any atom is -0.467 e. The quantitative estimate of drug-likeness (QED) is 0.0597. The molecule has 0 spiro atoms. The van der Waals surface area contributed by atoms with Crippen molar-refractivity contribution in [3.63, 3.8) is 0 Å². The number of fused-ring (bicyclic) bond motifs is 1. The van der Waals surface area contributed by atoms with Crippen molar-refractivity contribution < 1.29 is 28.8 Å². The molecule has 0 radical (unpaired) electrons. The Morgan fingerprint density at radius 2 is 1.36 bits per heavy atom. The molecular formula is C50H55NO6Si. The Hall–Kier alpha value is -5.25. The summed E-state index contributed by atoms with van der Waals surface area (Å²) in [6.45, 7) is 10.7. The first-order chi connectivity index (χ1) is 28.1. The zero-order chi connectivity index (χ0) is 40.5. The van der Waals surface area contributed by atoms with Crippen LogP contribution in [0.3, 0.4) is 0 Å². The van der Waals surface area contributed by atoms with Crippen molar-refractivity contribution in [2.45, 2.75) is 69.4 Å². The second kappa shape index (κ2) is 18.6. The monoisotopic (exact) mass is 793 g/mol. The molecule has 58 heavy (non-hydrogen) atoms. The summed E-state index contributed by atoms with van der Waals surface area (Å²) in [7, 11) is -1.47. The van der Waals surface area contributed by atoms with Crippen LogP contribution >= 0.6 is 0 Å². The Balaban J connectivity index is 1.06. The van der Waals surface area contributed by atoms with E-state index in [4.69, 9.17) is 18.9 Å². The predicted octanol–water partition coefficient (Wildman–Crippen LogP) is 11.1. The molecule has 7 rings (SSSR count). The number of rotatable bonds is 16. The van der Waals surface area contributed by atoms with Gasteiger partial charge in [0.15, 0.2) is 6.79 Å². The van der Waals surface area contributed by atoms with Gasteiger partial charge in [-0.25, -0.2) is 4.79 Å². The van der Waals surface area contributed by atoms with E-state index in [9.17, 15) is 9.90 Å². The lowest BCUT2D eigenvalue weighted by Crippen LogP contribution is -2.46. The van der Waals surface area contributed by atoms with Crippen LogP contribution in [0.2, 0.25) is 19.6 Å². The third-order valence-electron chi connectivity index (χ3n) is 11.6. The summed E-state index contributed by atoms with van der Waals surface area (Å²) in [5.41, 5.74) is 5.89. The third kappa shape index (κ3) is 9.54. The molecule has 1 saturated heterocycles. The highest BCUT2D eigenvalue weighted by atomic mass is 28.3. The first-order valence-corrected chi connectivity index (χ1v) is 23.9. The van der Waals surface area contributed by atoms with Crippen molar-refractivity contribution in [2.75, 3.05) is 26.5 Å². The molecular weight excluding hydrogens is 739 g/mol. The Bertz CT molecular complexity index is 2130. The van der Waals surface area contributed by atoms with Crippen LogP contribution in [0.25, 0.3) is 10.8 Å². The fourth-order valence-electron chi connectivity index (χ4n) is 7.85. The summed E-state index contributed by atoms with van der Waals surface area (Å²) in [6, 6.07) is 52.4. The highest BCUT2D eigenvalue weighted by Gasteiger charge is 2.38. The molecule has 0 bridgehead atoms. The minimum atomic E-state index is -1.47. The highest BCUT2D eigenvalue weighted by molar-refractivity contribution is 6.77. The minimum absolute atomic E-state index is 0.0374. The van der Waals surface area contributed by atoms with Crippen LogP contribution in [0.5, 0.6) is 5.75 Å². The third-order valence-corrected chi connectivity index (χ3v) is 14.2. The van der Waals surface area contributed by atoms with Crippen LogP contribution in [0.1, 0.15) is 52.6 Å². The molecule has 1 fully saturated rings. The molecule has 300 valence electrons.